The van der Waals surface area contributed by atoms with E-state index in [4.69, 9.17) is 5.11 Å². The fourth-order valence-electron chi connectivity index (χ4n) is 2.45. The Morgan fingerprint density at radius 3 is 2.00 bits per heavy atom. The van der Waals surface area contributed by atoms with Crippen molar-refractivity contribution in [2.45, 2.75) is 97.3 Å². The number of carbonyl (C=O) groups is 1. The molecule has 0 rings (SSSR count). The van der Waals surface area contributed by atoms with Crippen LogP contribution in [0.1, 0.15) is 97.3 Å². The number of rotatable bonds is 15. The maximum Gasteiger partial charge on any atom is 0.303 e. The van der Waals surface area contributed by atoms with Crippen LogP contribution in [0.5, 0.6) is 0 Å². The zero-order chi connectivity index (χ0) is 15.8. The zero-order valence-corrected chi connectivity index (χ0v) is 14.3. The maximum absolute atomic E-state index is 10.3. The summed E-state index contributed by atoms with van der Waals surface area (Å²) in [5.74, 6) is 0.222. The van der Waals surface area contributed by atoms with Gasteiger partial charge in [0.05, 0.1) is 0 Å². The van der Waals surface area contributed by atoms with E-state index in [1.54, 1.807) is 0 Å². The molecule has 0 saturated carbocycles. The Hall–Kier alpha value is -0.790. The maximum atomic E-state index is 10.3. The van der Waals surface area contributed by atoms with Gasteiger partial charge in [-0.2, -0.15) is 0 Å². The normalized spacial score (nSPS) is 12.9. The van der Waals surface area contributed by atoms with Crippen LogP contribution in [0.15, 0.2) is 12.2 Å². The molecule has 0 bridgehead atoms. The van der Waals surface area contributed by atoms with Crippen LogP contribution < -0.4 is 0 Å². The molecule has 0 aliphatic carbocycles. The summed E-state index contributed by atoms with van der Waals surface area (Å²) in [5, 5.41) is 8.52. The first kappa shape index (κ1) is 20.2. The van der Waals surface area contributed by atoms with E-state index in [1.165, 1.54) is 64.2 Å². The van der Waals surface area contributed by atoms with Crippen molar-refractivity contribution in [2.75, 3.05) is 0 Å². The van der Waals surface area contributed by atoms with Gasteiger partial charge in [0.25, 0.3) is 0 Å². The molecular formula is C19H36O2. The lowest BCUT2D eigenvalue weighted by atomic mass is 10.0. The third kappa shape index (κ3) is 17.2. The first-order chi connectivity index (χ1) is 10.2. The Balaban J connectivity index is 3.13. The number of allylic oxidation sites excluding steroid dienone is 2. The molecule has 2 heteroatoms. The Kier molecular flexibility index (Phi) is 15.0. The summed E-state index contributed by atoms with van der Waals surface area (Å²) in [5.41, 5.74) is 0. The lowest BCUT2D eigenvalue weighted by Crippen LogP contribution is -1.93. The third-order valence-electron chi connectivity index (χ3n) is 4.19. The summed E-state index contributed by atoms with van der Waals surface area (Å²) in [6.45, 7) is 4.61. The molecule has 2 nitrogen and oxygen atoms in total. The molecule has 0 saturated heterocycles. The summed E-state index contributed by atoms with van der Waals surface area (Å²) in [4.78, 5) is 10.3. The van der Waals surface area contributed by atoms with Crippen LogP contribution in [0.25, 0.3) is 0 Å². The van der Waals surface area contributed by atoms with Gasteiger partial charge in [-0.15, -0.1) is 0 Å². The minimum atomic E-state index is -0.661. The summed E-state index contributed by atoms with van der Waals surface area (Å²) < 4.78 is 0. The molecule has 0 radical (unpaired) electrons. The minimum absolute atomic E-state index is 0.335. The molecule has 0 spiro atoms. The molecule has 0 aromatic carbocycles. The molecule has 21 heavy (non-hydrogen) atoms. The molecule has 1 atom stereocenters. The largest absolute Gasteiger partial charge is 0.481 e. The van der Waals surface area contributed by atoms with Gasteiger partial charge in [-0.25, -0.2) is 0 Å². The minimum Gasteiger partial charge on any atom is -0.481 e. The average Bonchev–Trinajstić information content (AvgIpc) is 2.46. The second-order valence-corrected chi connectivity index (χ2v) is 6.32. The van der Waals surface area contributed by atoms with E-state index in [1.807, 2.05) is 0 Å². The highest BCUT2D eigenvalue weighted by Gasteiger charge is 1.97. The highest BCUT2D eigenvalue weighted by molar-refractivity contribution is 5.66. The van der Waals surface area contributed by atoms with Gasteiger partial charge in [0.15, 0.2) is 0 Å². The first-order valence-electron chi connectivity index (χ1n) is 9.03. The molecule has 0 amide bonds. The van der Waals surface area contributed by atoms with Crippen molar-refractivity contribution in [2.24, 2.45) is 5.92 Å². The second-order valence-electron chi connectivity index (χ2n) is 6.32. The predicted octanol–water partition coefficient (Wildman–Crippen LogP) is 6.35. The van der Waals surface area contributed by atoms with E-state index in [9.17, 15) is 4.79 Å². The van der Waals surface area contributed by atoms with Gasteiger partial charge in [0, 0.05) is 6.42 Å². The van der Waals surface area contributed by atoms with Gasteiger partial charge in [-0.1, -0.05) is 70.9 Å². The molecule has 0 aliphatic heterocycles. The van der Waals surface area contributed by atoms with Gasteiger partial charge in [-0.3, -0.25) is 4.79 Å². The van der Waals surface area contributed by atoms with E-state index in [2.05, 4.69) is 26.0 Å². The van der Waals surface area contributed by atoms with Gasteiger partial charge in [0.2, 0.25) is 0 Å². The van der Waals surface area contributed by atoms with E-state index in [-0.39, 0.29) is 0 Å². The second kappa shape index (κ2) is 15.6. The number of hydrogen-bond donors (Lipinski definition) is 1. The molecule has 0 aliphatic rings. The van der Waals surface area contributed by atoms with E-state index < -0.39 is 5.97 Å². The van der Waals surface area contributed by atoms with Gasteiger partial charge in [-0.05, 0) is 38.0 Å². The Labute approximate surface area is 132 Å². The van der Waals surface area contributed by atoms with Crippen molar-refractivity contribution < 1.29 is 9.90 Å². The average molecular weight is 296 g/mol. The van der Waals surface area contributed by atoms with Crippen molar-refractivity contribution in [3.05, 3.63) is 12.2 Å². The molecule has 1 unspecified atom stereocenters. The fraction of sp³-hybridized carbons (Fsp3) is 0.842. The van der Waals surface area contributed by atoms with Crippen molar-refractivity contribution in [3.63, 3.8) is 0 Å². The van der Waals surface area contributed by atoms with Crippen LogP contribution in [0, 0.1) is 5.92 Å². The quantitative estimate of drug-likeness (QED) is 0.282. The van der Waals surface area contributed by atoms with Crippen molar-refractivity contribution in [1.29, 1.82) is 0 Å². The van der Waals surface area contributed by atoms with Gasteiger partial charge < -0.3 is 5.11 Å². The number of unbranched alkanes of at least 4 members (excludes halogenated alkanes) is 8. The molecule has 0 aromatic rings. The number of hydrogen-bond acceptors (Lipinski definition) is 1. The summed E-state index contributed by atoms with van der Waals surface area (Å²) in [7, 11) is 0. The van der Waals surface area contributed by atoms with Crippen LogP contribution in [0.3, 0.4) is 0 Å². The van der Waals surface area contributed by atoms with Crippen LogP contribution in [-0.4, -0.2) is 11.1 Å². The van der Waals surface area contributed by atoms with Crippen molar-refractivity contribution >= 4 is 5.97 Å². The van der Waals surface area contributed by atoms with Crippen LogP contribution in [0.4, 0.5) is 0 Å². The number of aliphatic carboxylic acids is 1. The van der Waals surface area contributed by atoms with Crippen molar-refractivity contribution in [3.8, 4) is 0 Å². The Morgan fingerprint density at radius 1 is 0.905 bits per heavy atom. The van der Waals surface area contributed by atoms with Gasteiger partial charge >= 0.3 is 5.97 Å². The highest BCUT2D eigenvalue weighted by Crippen LogP contribution is 2.12. The SMILES string of the molecule is CCC(C)CCCC=CCCCCCCCCCC(=O)O. The first-order valence-corrected chi connectivity index (χ1v) is 9.03. The summed E-state index contributed by atoms with van der Waals surface area (Å²) in [6, 6.07) is 0. The molecule has 0 fully saturated rings. The zero-order valence-electron chi connectivity index (χ0n) is 14.3. The summed E-state index contributed by atoms with van der Waals surface area (Å²) >= 11 is 0. The Bertz CT molecular complexity index is 258. The standard InChI is InChI=1S/C19H36O2/c1-3-18(2)16-14-12-10-8-6-4-5-7-9-11-13-15-17-19(20)21/h8,10,18H,3-7,9,11-17H2,1-2H3,(H,20,21). The lowest BCUT2D eigenvalue weighted by molar-refractivity contribution is -0.137. The highest BCUT2D eigenvalue weighted by atomic mass is 16.4. The predicted molar refractivity (Wildman–Crippen MR) is 91.6 cm³/mol. The molecule has 0 aromatic heterocycles. The lowest BCUT2D eigenvalue weighted by Gasteiger charge is -2.05. The van der Waals surface area contributed by atoms with Crippen LogP contribution in [-0.2, 0) is 4.79 Å². The fourth-order valence-corrected chi connectivity index (χ4v) is 2.45. The van der Waals surface area contributed by atoms with E-state index >= 15 is 0 Å². The summed E-state index contributed by atoms with van der Waals surface area (Å²) in [6.07, 6.45) is 19.8. The molecule has 0 heterocycles. The monoisotopic (exact) mass is 296 g/mol. The van der Waals surface area contributed by atoms with Crippen molar-refractivity contribution in [1.82, 2.24) is 0 Å². The van der Waals surface area contributed by atoms with E-state index in [0.717, 1.165) is 18.8 Å². The Morgan fingerprint density at radius 2 is 1.43 bits per heavy atom. The number of carboxylic acid groups (broad SMARTS) is 1. The smallest absolute Gasteiger partial charge is 0.303 e. The number of carboxylic acids is 1. The third-order valence-corrected chi connectivity index (χ3v) is 4.19. The topological polar surface area (TPSA) is 37.3 Å². The molecular weight excluding hydrogens is 260 g/mol. The van der Waals surface area contributed by atoms with Gasteiger partial charge in [0.1, 0.15) is 0 Å². The molecule has 1 N–H and O–H groups in total. The van der Waals surface area contributed by atoms with E-state index in [0.29, 0.717) is 6.42 Å². The van der Waals surface area contributed by atoms with Crippen LogP contribution >= 0.6 is 0 Å². The molecule has 124 valence electrons. The van der Waals surface area contributed by atoms with Crippen LogP contribution in [0.2, 0.25) is 0 Å².